The van der Waals surface area contributed by atoms with E-state index in [1.165, 1.54) is 6.07 Å². The summed E-state index contributed by atoms with van der Waals surface area (Å²) in [7, 11) is 0. The first-order valence-corrected chi connectivity index (χ1v) is 13.4. The highest BCUT2D eigenvalue weighted by Crippen LogP contribution is 2.34. The fourth-order valence-corrected chi connectivity index (χ4v) is 5.05. The van der Waals surface area contributed by atoms with Gasteiger partial charge in [0.1, 0.15) is 11.4 Å². The molecule has 0 saturated carbocycles. The number of Topliss-reactive ketones (excluding diaryl/α,β-unsaturated/α-hetero) is 1. The van der Waals surface area contributed by atoms with E-state index in [0.29, 0.717) is 44.1 Å². The monoisotopic (exact) mass is 543 g/mol. The number of anilines is 1. The maximum atomic E-state index is 13.3. The Hall–Kier alpha value is -4.57. The zero-order valence-electron chi connectivity index (χ0n) is 22.3. The Morgan fingerprint density at radius 2 is 1.73 bits per heavy atom. The number of phenols is 1. The molecule has 2 aromatic carbocycles. The summed E-state index contributed by atoms with van der Waals surface area (Å²) in [5, 5.41) is 30.6. The van der Waals surface area contributed by atoms with Gasteiger partial charge in [0, 0.05) is 32.7 Å². The Labute approximate surface area is 232 Å². The number of benzene rings is 2. The van der Waals surface area contributed by atoms with Gasteiger partial charge in [-0.1, -0.05) is 55.5 Å². The van der Waals surface area contributed by atoms with Crippen molar-refractivity contribution in [1.29, 1.82) is 0 Å². The number of nitrogens with one attached hydrogen (secondary N) is 3. The number of rotatable bonds is 8. The highest BCUT2D eigenvalue weighted by molar-refractivity contribution is 6.11. The molecule has 5 N–H and O–H groups in total. The van der Waals surface area contributed by atoms with Crippen LogP contribution in [0.2, 0.25) is 0 Å². The number of hydrogen-bond acceptors (Lipinski definition) is 8. The Bertz CT molecular complexity index is 1390. The second-order valence-electron chi connectivity index (χ2n) is 9.87. The third-order valence-corrected chi connectivity index (χ3v) is 7.40. The number of phenolic OH excluding ortho intramolecular Hbond substituents is 1. The summed E-state index contributed by atoms with van der Waals surface area (Å²) >= 11 is 0. The maximum absolute atomic E-state index is 13.3. The molecule has 0 radical (unpaired) electrons. The number of nitrogens with zero attached hydrogens (tertiary/aromatic N) is 2. The minimum Gasteiger partial charge on any atom is -0.505 e. The summed E-state index contributed by atoms with van der Waals surface area (Å²) in [6.45, 7) is 4.01. The van der Waals surface area contributed by atoms with Gasteiger partial charge in [0.05, 0.1) is 23.0 Å². The van der Waals surface area contributed by atoms with Crippen molar-refractivity contribution in [3.05, 3.63) is 95.0 Å². The van der Waals surface area contributed by atoms with Gasteiger partial charge in [-0.05, 0) is 30.2 Å². The van der Waals surface area contributed by atoms with E-state index in [1.54, 1.807) is 28.0 Å². The lowest BCUT2D eigenvalue weighted by Gasteiger charge is -2.35. The van der Waals surface area contributed by atoms with Gasteiger partial charge in [-0.25, -0.2) is 0 Å². The van der Waals surface area contributed by atoms with E-state index < -0.39 is 11.9 Å². The van der Waals surface area contributed by atoms with Gasteiger partial charge in [-0.3, -0.25) is 14.4 Å². The van der Waals surface area contributed by atoms with Crippen LogP contribution in [0.1, 0.15) is 35.3 Å². The van der Waals surface area contributed by atoms with Crippen LogP contribution in [-0.2, 0) is 9.59 Å². The molecule has 0 spiro atoms. The van der Waals surface area contributed by atoms with Gasteiger partial charge in [-0.15, -0.1) is 0 Å². The topological polar surface area (TPSA) is 134 Å². The molecule has 1 unspecified atom stereocenters. The highest BCUT2D eigenvalue weighted by atomic mass is 16.3. The SMILES string of the molecule is CC[C@@H](NC1=C(Nc2cccc(C(=O)N3CCN(C(=O)C4=CC=CCN4)CC3)c2O)C(=O)C1O)c1ccccc1. The van der Waals surface area contributed by atoms with Gasteiger partial charge >= 0.3 is 0 Å². The van der Waals surface area contributed by atoms with Gasteiger partial charge in [0.15, 0.2) is 11.9 Å². The van der Waals surface area contributed by atoms with E-state index in [4.69, 9.17) is 0 Å². The molecule has 2 atom stereocenters. The fourth-order valence-electron chi connectivity index (χ4n) is 5.05. The number of aliphatic hydroxyl groups excluding tert-OH is 1. The van der Waals surface area contributed by atoms with E-state index in [-0.39, 0.29) is 40.6 Å². The number of aromatic hydroxyl groups is 1. The minimum atomic E-state index is -1.29. The first kappa shape index (κ1) is 27.0. The van der Waals surface area contributed by atoms with Crippen LogP contribution in [0.5, 0.6) is 5.75 Å². The summed E-state index contributed by atoms with van der Waals surface area (Å²) in [4.78, 5) is 41.9. The molecule has 40 heavy (non-hydrogen) atoms. The van der Waals surface area contributed by atoms with Crippen molar-refractivity contribution in [2.45, 2.75) is 25.5 Å². The first-order chi connectivity index (χ1) is 19.4. The summed E-state index contributed by atoms with van der Waals surface area (Å²) in [5.41, 5.74) is 2.32. The molecular formula is C30H33N5O5. The number of carbonyl (C=O) groups excluding carboxylic acids is 3. The largest absolute Gasteiger partial charge is 0.505 e. The van der Waals surface area contributed by atoms with Crippen molar-refractivity contribution < 1.29 is 24.6 Å². The number of amides is 2. The van der Waals surface area contributed by atoms with Crippen molar-refractivity contribution in [2.24, 2.45) is 0 Å². The molecule has 0 bridgehead atoms. The lowest BCUT2D eigenvalue weighted by Crippen LogP contribution is -2.51. The Balaban J connectivity index is 1.28. The summed E-state index contributed by atoms with van der Waals surface area (Å²) in [6, 6.07) is 14.3. The van der Waals surface area contributed by atoms with E-state index in [1.807, 2.05) is 49.4 Å². The van der Waals surface area contributed by atoms with Crippen LogP contribution < -0.4 is 16.0 Å². The van der Waals surface area contributed by atoms with Crippen LogP contribution in [0.25, 0.3) is 0 Å². The van der Waals surface area contributed by atoms with Crippen molar-refractivity contribution in [3.63, 3.8) is 0 Å². The lowest BCUT2D eigenvalue weighted by molar-refractivity contribution is -0.129. The molecule has 1 aliphatic carbocycles. The number of ketones is 1. The van der Waals surface area contributed by atoms with Crippen molar-refractivity contribution in [2.75, 3.05) is 38.0 Å². The third-order valence-electron chi connectivity index (χ3n) is 7.40. The van der Waals surface area contributed by atoms with Crippen LogP contribution in [-0.4, -0.2) is 76.4 Å². The third kappa shape index (κ3) is 5.30. The van der Waals surface area contributed by atoms with Gasteiger partial charge in [0.25, 0.3) is 11.8 Å². The molecule has 10 nitrogen and oxygen atoms in total. The van der Waals surface area contributed by atoms with Crippen LogP contribution in [0.4, 0.5) is 5.69 Å². The average molecular weight is 544 g/mol. The normalized spacial score (nSPS) is 19.4. The molecule has 10 heteroatoms. The van der Waals surface area contributed by atoms with Gasteiger partial charge in [0.2, 0.25) is 5.78 Å². The van der Waals surface area contributed by atoms with E-state index >= 15 is 0 Å². The molecule has 2 amide bonds. The van der Waals surface area contributed by atoms with Crippen LogP contribution in [0.15, 0.2) is 83.9 Å². The Morgan fingerprint density at radius 1 is 1.02 bits per heavy atom. The second kappa shape index (κ2) is 11.7. The number of piperazine rings is 1. The Morgan fingerprint density at radius 3 is 2.38 bits per heavy atom. The van der Waals surface area contributed by atoms with Crippen LogP contribution in [0.3, 0.4) is 0 Å². The lowest BCUT2D eigenvalue weighted by atomic mass is 9.92. The van der Waals surface area contributed by atoms with Crippen molar-refractivity contribution in [3.8, 4) is 5.75 Å². The molecule has 1 fully saturated rings. The highest BCUT2D eigenvalue weighted by Gasteiger charge is 2.40. The van der Waals surface area contributed by atoms with Gasteiger partial charge in [-0.2, -0.15) is 0 Å². The van der Waals surface area contributed by atoms with Crippen molar-refractivity contribution in [1.82, 2.24) is 20.4 Å². The van der Waals surface area contributed by atoms with Crippen molar-refractivity contribution >= 4 is 23.3 Å². The number of aliphatic hydroxyl groups is 1. The standard InChI is InChI=1S/C30H33N5O5/c1-2-21(19-9-4-3-5-10-19)32-24-25(28(38)27(24)37)33-22-13-8-11-20(26(22)36)29(39)34-15-17-35(18-16-34)30(40)23-12-6-7-14-31-23/h3-13,21,27,31-33,36-37H,2,14-18H2,1H3/t21-,27?/m1/s1. The fraction of sp³-hybridized carbons (Fsp3) is 0.300. The summed E-state index contributed by atoms with van der Waals surface area (Å²) in [6.07, 6.45) is 4.94. The average Bonchev–Trinajstić information content (AvgIpc) is 3.01. The number of dihydropyridines is 1. The molecule has 2 heterocycles. The molecule has 208 valence electrons. The van der Waals surface area contributed by atoms with Crippen LogP contribution >= 0.6 is 0 Å². The van der Waals surface area contributed by atoms with Gasteiger partial charge < -0.3 is 36.0 Å². The molecule has 1 saturated heterocycles. The molecular weight excluding hydrogens is 510 g/mol. The second-order valence-corrected chi connectivity index (χ2v) is 9.87. The quantitative estimate of drug-likeness (QED) is 0.320. The summed E-state index contributed by atoms with van der Waals surface area (Å²) in [5.74, 6) is -1.26. The predicted octanol–water partition coefficient (Wildman–Crippen LogP) is 2.03. The number of allylic oxidation sites excluding steroid dienone is 2. The van der Waals surface area contributed by atoms with Crippen LogP contribution in [0, 0.1) is 0 Å². The van der Waals surface area contributed by atoms with E-state index in [0.717, 1.165) is 12.0 Å². The first-order valence-electron chi connectivity index (χ1n) is 13.4. The van der Waals surface area contributed by atoms with E-state index in [9.17, 15) is 24.6 Å². The molecule has 0 aromatic heterocycles. The zero-order valence-corrected chi connectivity index (χ0v) is 22.3. The minimum absolute atomic E-state index is 0.0877. The maximum Gasteiger partial charge on any atom is 0.270 e. The molecule has 2 aromatic rings. The number of carbonyl (C=O) groups is 3. The molecule has 5 rings (SSSR count). The Kier molecular flexibility index (Phi) is 7.88. The number of hydrogen-bond donors (Lipinski definition) is 5. The summed E-state index contributed by atoms with van der Waals surface area (Å²) < 4.78 is 0. The smallest absolute Gasteiger partial charge is 0.270 e. The van der Waals surface area contributed by atoms with E-state index in [2.05, 4.69) is 16.0 Å². The zero-order chi connectivity index (χ0) is 28.2. The molecule has 2 aliphatic heterocycles. The number of para-hydroxylation sites is 1. The predicted molar refractivity (Wildman–Crippen MR) is 150 cm³/mol. The molecule has 3 aliphatic rings.